The quantitative estimate of drug-likeness (QED) is 0.592. The van der Waals surface area contributed by atoms with Crippen LogP contribution >= 0.6 is 0 Å². The van der Waals surface area contributed by atoms with Crippen LogP contribution in [0.5, 0.6) is 5.75 Å². The number of hydrogen-bond donors (Lipinski definition) is 1. The van der Waals surface area contributed by atoms with Crippen LogP contribution in [0.1, 0.15) is 26.7 Å². The van der Waals surface area contributed by atoms with Gasteiger partial charge in [-0.3, -0.25) is 4.79 Å². The summed E-state index contributed by atoms with van der Waals surface area (Å²) < 4.78 is 36.4. The molecule has 0 heterocycles. The summed E-state index contributed by atoms with van der Waals surface area (Å²) in [7, 11) is 1.68. The lowest BCUT2D eigenvalue weighted by Gasteiger charge is -2.26. The molecular weight excluding hydrogens is 280 g/mol. The van der Waals surface area contributed by atoms with Gasteiger partial charge in [0.25, 0.3) is 0 Å². The van der Waals surface area contributed by atoms with Crippen molar-refractivity contribution in [2.75, 3.05) is 20.3 Å². The molecular formula is C15H21F2NO3. The molecule has 0 saturated heterocycles. The normalized spacial score (nSPS) is 13.6. The molecule has 0 aliphatic heterocycles. The third-order valence-corrected chi connectivity index (χ3v) is 3.25. The summed E-state index contributed by atoms with van der Waals surface area (Å²) in [5.74, 6) is -1.72. The van der Waals surface area contributed by atoms with Crippen molar-refractivity contribution < 1.29 is 23.0 Å². The summed E-state index contributed by atoms with van der Waals surface area (Å²) in [6.07, 6.45) is 0.998. The van der Waals surface area contributed by atoms with E-state index in [9.17, 15) is 13.6 Å². The fraction of sp³-hybridized carbons (Fsp3) is 0.533. The number of hydrogen-bond acceptors (Lipinski definition) is 4. The Labute approximate surface area is 123 Å². The number of ether oxygens (including phenoxy) is 2. The first-order valence-electron chi connectivity index (χ1n) is 6.87. The highest BCUT2D eigenvalue weighted by Gasteiger charge is 2.32. The van der Waals surface area contributed by atoms with E-state index in [0.717, 1.165) is 12.1 Å². The van der Waals surface area contributed by atoms with Crippen LogP contribution in [-0.4, -0.2) is 31.8 Å². The van der Waals surface area contributed by atoms with Crippen molar-refractivity contribution in [2.45, 2.75) is 32.2 Å². The second-order valence-electron chi connectivity index (χ2n) is 4.83. The monoisotopic (exact) mass is 301 g/mol. The summed E-state index contributed by atoms with van der Waals surface area (Å²) in [6.45, 7) is 4.02. The van der Waals surface area contributed by atoms with E-state index in [1.807, 2.05) is 0 Å². The van der Waals surface area contributed by atoms with Gasteiger partial charge in [0.1, 0.15) is 11.4 Å². The van der Waals surface area contributed by atoms with Gasteiger partial charge in [0.15, 0.2) is 11.6 Å². The molecule has 0 aliphatic rings. The molecule has 1 rings (SSSR count). The highest BCUT2D eigenvalue weighted by Crippen LogP contribution is 2.19. The van der Waals surface area contributed by atoms with E-state index in [-0.39, 0.29) is 18.3 Å². The molecule has 4 nitrogen and oxygen atoms in total. The van der Waals surface area contributed by atoms with E-state index in [1.165, 1.54) is 6.07 Å². The average Bonchev–Trinajstić information content (AvgIpc) is 2.45. The van der Waals surface area contributed by atoms with Gasteiger partial charge in [0.2, 0.25) is 0 Å². The minimum atomic E-state index is -0.805. The van der Waals surface area contributed by atoms with Crippen molar-refractivity contribution in [1.82, 2.24) is 5.32 Å². The van der Waals surface area contributed by atoms with Gasteiger partial charge in [-0.25, -0.2) is 8.78 Å². The Morgan fingerprint density at radius 1 is 1.38 bits per heavy atom. The first-order valence-corrected chi connectivity index (χ1v) is 6.87. The molecule has 0 bridgehead atoms. The minimum absolute atomic E-state index is 0.00121. The maximum absolute atomic E-state index is 13.4. The first-order chi connectivity index (χ1) is 9.92. The fourth-order valence-electron chi connectivity index (χ4n) is 1.82. The Bertz CT molecular complexity index is 482. The van der Waals surface area contributed by atoms with Gasteiger partial charge in [-0.15, -0.1) is 0 Å². The summed E-state index contributed by atoms with van der Waals surface area (Å²) in [6, 6.07) is 3.15. The number of esters is 1. The van der Waals surface area contributed by atoms with Crippen LogP contribution in [0.3, 0.4) is 0 Å². The molecule has 1 N–H and O–H groups in total. The van der Waals surface area contributed by atoms with Crippen molar-refractivity contribution in [1.29, 1.82) is 0 Å². The van der Waals surface area contributed by atoms with Crippen molar-refractivity contribution in [3.8, 4) is 5.75 Å². The fourth-order valence-corrected chi connectivity index (χ4v) is 1.82. The molecule has 0 saturated carbocycles. The van der Waals surface area contributed by atoms with Gasteiger partial charge in [0.05, 0.1) is 13.2 Å². The average molecular weight is 301 g/mol. The van der Waals surface area contributed by atoms with Crippen LogP contribution < -0.4 is 10.1 Å². The third-order valence-electron chi connectivity index (χ3n) is 3.25. The summed E-state index contributed by atoms with van der Waals surface area (Å²) in [5, 5.41) is 2.93. The molecule has 0 aliphatic carbocycles. The van der Waals surface area contributed by atoms with Crippen LogP contribution in [0, 0.1) is 11.6 Å². The molecule has 21 heavy (non-hydrogen) atoms. The number of halogens is 2. The zero-order valence-electron chi connectivity index (χ0n) is 12.5. The van der Waals surface area contributed by atoms with Crippen LogP contribution in [0.25, 0.3) is 0 Å². The number of rotatable bonds is 8. The van der Waals surface area contributed by atoms with Crippen LogP contribution in [-0.2, 0) is 9.53 Å². The maximum Gasteiger partial charge on any atom is 0.326 e. The van der Waals surface area contributed by atoms with Gasteiger partial charge in [-0.05, 0) is 45.9 Å². The van der Waals surface area contributed by atoms with E-state index >= 15 is 0 Å². The summed E-state index contributed by atoms with van der Waals surface area (Å²) in [4.78, 5) is 11.8. The Kier molecular flexibility index (Phi) is 6.55. The van der Waals surface area contributed by atoms with E-state index in [0.29, 0.717) is 19.4 Å². The lowest BCUT2D eigenvalue weighted by molar-refractivity contribution is -0.150. The maximum atomic E-state index is 13.4. The number of carbonyl (C=O) groups is 1. The predicted octanol–water partition coefficient (Wildman–Crippen LogP) is 2.67. The molecule has 0 aromatic heterocycles. The number of carbonyl (C=O) groups excluding carboxylic acids is 1. The van der Waals surface area contributed by atoms with Crippen LogP contribution in [0.2, 0.25) is 0 Å². The zero-order chi connectivity index (χ0) is 15.9. The van der Waals surface area contributed by atoms with Gasteiger partial charge in [-0.2, -0.15) is 0 Å². The van der Waals surface area contributed by atoms with Crippen LogP contribution in [0.4, 0.5) is 8.78 Å². The molecule has 0 radical (unpaired) electrons. The lowest BCUT2D eigenvalue weighted by Crippen LogP contribution is -2.48. The summed E-state index contributed by atoms with van der Waals surface area (Å²) in [5.41, 5.74) is -0.805. The van der Waals surface area contributed by atoms with Gasteiger partial charge in [0, 0.05) is 6.07 Å². The number of likely N-dealkylation sites (N-methyl/N-ethyl adjacent to an activating group) is 1. The van der Waals surface area contributed by atoms with E-state index in [2.05, 4.69) is 5.32 Å². The van der Waals surface area contributed by atoms with E-state index in [1.54, 1.807) is 20.9 Å². The van der Waals surface area contributed by atoms with Crippen LogP contribution in [0.15, 0.2) is 18.2 Å². The van der Waals surface area contributed by atoms with Gasteiger partial charge >= 0.3 is 5.97 Å². The first kappa shape index (κ1) is 17.4. The van der Waals surface area contributed by atoms with Gasteiger partial charge in [-0.1, -0.05) is 0 Å². The molecule has 1 aromatic carbocycles. The highest BCUT2D eigenvalue weighted by molar-refractivity contribution is 5.80. The Morgan fingerprint density at radius 3 is 2.67 bits per heavy atom. The summed E-state index contributed by atoms with van der Waals surface area (Å²) >= 11 is 0. The second-order valence-corrected chi connectivity index (χ2v) is 4.83. The molecule has 0 fully saturated rings. The Hall–Kier alpha value is -1.69. The Balaban J connectivity index is 2.46. The number of benzene rings is 1. The minimum Gasteiger partial charge on any atom is -0.491 e. The largest absolute Gasteiger partial charge is 0.491 e. The third kappa shape index (κ3) is 4.97. The van der Waals surface area contributed by atoms with Crippen molar-refractivity contribution in [2.24, 2.45) is 0 Å². The molecule has 1 unspecified atom stereocenters. The lowest BCUT2D eigenvalue weighted by atomic mass is 9.96. The topological polar surface area (TPSA) is 47.6 Å². The SMILES string of the molecule is CCOC(=O)C(C)(CCCOc1ccc(F)cc1F)NC. The molecule has 6 heteroatoms. The molecule has 0 amide bonds. The second kappa shape index (κ2) is 7.93. The molecule has 1 atom stereocenters. The molecule has 118 valence electrons. The number of nitrogens with one attached hydrogen (secondary N) is 1. The van der Waals surface area contributed by atoms with Crippen molar-refractivity contribution in [3.05, 3.63) is 29.8 Å². The predicted molar refractivity (Wildman–Crippen MR) is 75.2 cm³/mol. The van der Waals surface area contributed by atoms with Crippen molar-refractivity contribution >= 4 is 5.97 Å². The highest BCUT2D eigenvalue weighted by atomic mass is 19.1. The molecule has 1 aromatic rings. The van der Waals surface area contributed by atoms with Crippen molar-refractivity contribution in [3.63, 3.8) is 0 Å². The smallest absolute Gasteiger partial charge is 0.326 e. The zero-order valence-corrected chi connectivity index (χ0v) is 12.5. The van der Waals surface area contributed by atoms with E-state index < -0.39 is 17.2 Å². The Morgan fingerprint density at radius 2 is 2.10 bits per heavy atom. The molecule has 0 spiro atoms. The van der Waals surface area contributed by atoms with Gasteiger partial charge < -0.3 is 14.8 Å². The standard InChI is InChI=1S/C15H21F2NO3/c1-4-20-14(19)15(2,18-3)8-5-9-21-13-7-6-11(16)10-12(13)17/h6-7,10,18H,4-5,8-9H2,1-3H3. The van der Waals surface area contributed by atoms with E-state index in [4.69, 9.17) is 9.47 Å².